The van der Waals surface area contributed by atoms with Crippen LogP contribution in [0.2, 0.25) is 0 Å². The molecule has 0 N–H and O–H groups in total. The summed E-state index contributed by atoms with van der Waals surface area (Å²) in [4.78, 5) is 0. The largest absolute Gasteiger partial charge is 0.0773 e. The molecule has 0 saturated carbocycles. The highest BCUT2D eigenvalue weighted by Crippen LogP contribution is 2.38. The van der Waals surface area contributed by atoms with Gasteiger partial charge < -0.3 is 0 Å². The molecule has 0 amide bonds. The Balaban J connectivity index is 1.76. The molecular weight excluding hydrogens is 228 g/mol. The highest BCUT2D eigenvalue weighted by atomic mass is 14.2. The normalized spacial score (nSPS) is 15.8. The first kappa shape index (κ1) is 10.8. The van der Waals surface area contributed by atoms with Crippen LogP contribution in [-0.2, 0) is 12.8 Å². The summed E-state index contributed by atoms with van der Waals surface area (Å²) in [6, 6.07) is 15.6. The number of benzene rings is 2. The Kier molecular flexibility index (Phi) is 2.41. The number of allylic oxidation sites excluding steroid dienone is 4. The Labute approximate surface area is 114 Å². The minimum atomic E-state index is 0.579. The van der Waals surface area contributed by atoms with Crippen LogP contribution in [0.25, 0.3) is 11.1 Å². The third-order valence-corrected chi connectivity index (χ3v) is 4.23. The predicted molar refractivity (Wildman–Crippen MR) is 80.2 cm³/mol. The van der Waals surface area contributed by atoms with Crippen LogP contribution in [0.1, 0.15) is 16.7 Å². The van der Waals surface area contributed by atoms with Crippen LogP contribution >= 0.6 is 0 Å². The maximum Gasteiger partial charge on any atom is -0.000673 e. The number of hydrogen-bond donors (Lipinski definition) is 0. The van der Waals surface area contributed by atoms with Gasteiger partial charge in [-0.3, -0.25) is 0 Å². The van der Waals surface area contributed by atoms with Crippen molar-refractivity contribution in [1.82, 2.24) is 0 Å². The van der Waals surface area contributed by atoms with E-state index < -0.39 is 0 Å². The van der Waals surface area contributed by atoms with Crippen LogP contribution in [0.4, 0.5) is 0 Å². The molecule has 0 spiro atoms. The Hall–Kier alpha value is -2.08. The van der Waals surface area contributed by atoms with Crippen molar-refractivity contribution in [1.29, 1.82) is 0 Å². The first-order valence-electron chi connectivity index (χ1n) is 6.96. The van der Waals surface area contributed by atoms with Gasteiger partial charge in [0.05, 0.1) is 0 Å². The van der Waals surface area contributed by atoms with Gasteiger partial charge in [0.15, 0.2) is 0 Å². The van der Waals surface area contributed by atoms with Crippen molar-refractivity contribution < 1.29 is 0 Å². The minimum absolute atomic E-state index is 0.579. The van der Waals surface area contributed by atoms with Gasteiger partial charge in [-0.2, -0.15) is 0 Å². The number of rotatable bonds is 2. The summed E-state index contributed by atoms with van der Waals surface area (Å²) < 4.78 is 0. The lowest BCUT2D eigenvalue weighted by molar-refractivity contribution is 0.808. The molecule has 0 fully saturated rings. The van der Waals surface area contributed by atoms with Crippen molar-refractivity contribution in [3.05, 3.63) is 83.5 Å². The molecule has 0 radical (unpaired) electrons. The molecule has 2 aliphatic carbocycles. The third-order valence-electron chi connectivity index (χ3n) is 4.23. The molecule has 0 bridgehead atoms. The van der Waals surface area contributed by atoms with Gasteiger partial charge in [0.1, 0.15) is 0 Å². The fourth-order valence-corrected chi connectivity index (χ4v) is 3.28. The van der Waals surface area contributed by atoms with Crippen LogP contribution in [-0.4, -0.2) is 0 Å². The van der Waals surface area contributed by atoms with Gasteiger partial charge in [-0.05, 0) is 46.6 Å². The zero-order valence-electron chi connectivity index (χ0n) is 10.8. The van der Waals surface area contributed by atoms with Gasteiger partial charge in [-0.15, -0.1) is 0 Å². The summed E-state index contributed by atoms with van der Waals surface area (Å²) in [7, 11) is 0. The maximum absolute atomic E-state index is 2.30. The van der Waals surface area contributed by atoms with Gasteiger partial charge in [0.25, 0.3) is 0 Å². The minimum Gasteiger partial charge on any atom is -0.0773 e. The highest BCUT2D eigenvalue weighted by molar-refractivity contribution is 5.77. The quantitative estimate of drug-likeness (QED) is 0.620. The molecule has 0 saturated heterocycles. The SMILES string of the molecule is C1=CC(Cc2cccc3c2Cc2ccccc2-3)C=C1. The second kappa shape index (κ2) is 4.24. The first-order chi connectivity index (χ1) is 9.42. The van der Waals surface area contributed by atoms with Gasteiger partial charge in [0.2, 0.25) is 0 Å². The maximum atomic E-state index is 2.30. The van der Waals surface area contributed by atoms with Crippen LogP contribution in [0, 0.1) is 5.92 Å². The van der Waals surface area contributed by atoms with E-state index in [1.807, 2.05) is 0 Å². The van der Waals surface area contributed by atoms with E-state index in [0.717, 1.165) is 12.8 Å². The summed E-state index contributed by atoms with van der Waals surface area (Å²) in [6.45, 7) is 0. The van der Waals surface area contributed by atoms with Crippen molar-refractivity contribution in [3.63, 3.8) is 0 Å². The Morgan fingerprint density at radius 1 is 0.842 bits per heavy atom. The topological polar surface area (TPSA) is 0 Å². The molecule has 0 heterocycles. The summed E-state index contributed by atoms with van der Waals surface area (Å²) in [6.07, 6.45) is 11.1. The summed E-state index contributed by atoms with van der Waals surface area (Å²) in [5, 5.41) is 0. The average molecular weight is 244 g/mol. The zero-order valence-corrected chi connectivity index (χ0v) is 10.8. The van der Waals surface area contributed by atoms with E-state index in [1.54, 1.807) is 0 Å². The average Bonchev–Trinajstić information content (AvgIpc) is 3.06. The fourth-order valence-electron chi connectivity index (χ4n) is 3.28. The lowest BCUT2D eigenvalue weighted by Gasteiger charge is -2.11. The highest BCUT2D eigenvalue weighted by Gasteiger charge is 2.21. The summed E-state index contributed by atoms with van der Waals surface area (Å²) in [5.41, 5.74) is 7.39. The molecule has 2 aromatic carbocycles. The lowest BCUT2D eigenvalue weighted by atomic mass is 9.94. The standard InChI is InChI=1S/C19H16/c1-2-7-14(6-1)12-15-9-5-11-18-17-10-4-3-8-16(17)13-19(15)18/h1-11,14H,12-13H2. The number of hydrogen-bond acceptors (Lipinski definition) is 0. The van der Waals surface area contributed by atoms with E-state index in [-0.39, 0.29) is 0 Å². The zero-order chi connectivity index (χ0) is 12.7. The molecular formula is C19H16. The number of fused-ring (bicyclic) bond motifs is 3. The Morgan fingerprint density at radius 3 is 2.53 bits per heavy atom. The van der Waals surface area contributed by atoms with Crippen molar-refractivity contribution >= 4 is 0 Å². The van der Waals surface area contributed by atoms with Gasteiger partial charge in [-0.1, -0.05) is 66.8 Å². The monoisotopic (exact) mass is 244 g/mol. The van der Waals surface area contributed by atoms with Crippen molar-refractivity contribution in [2.24, 2.45) is 5.92 Å². The molecule has 2 aromatic rings. The second-order valence-corrected chi connectivity index (χ2v) is 5.41. The van der Waals surface area contributed by atoms with Crippen LogP contribution in [0.3, 0.4) is 0 Å². The fraction of sp³-hybridized carbons (Fsp3) is 0.158. The lowest BCUT2D eigenvalue weighted by Crippen LogP contribution is -1.99. The Morgan fingerprint density at radius 2 is 1.63 bits per heavy atom. The van der Waals surface area contributed by atoms with Crippen molar-refractivity contribution in [3.8, 4) is 11.1 Å². The van der Waals surface area contributed by atoms with Crippen molar-refractivity contribution in [2.45, 2.75) is 12.8 Å². The van der Waals surface area contributed by atoms with Crippen LogP contribution in [0.5, 0.6) is 0 Å². The van der Waals surface area contributed by atoms with E-state index in [2.05, 4.69) is 66.8 Å². The molecule has 4 rings (SSSR count). The van der Waals surface area contributed by atoms with E-state index >= 15 is 0 Å². The molecule has 19 heavy (non-hydrogen) atoms. The summed E-state index contributed by atoms with van der Waals surface area (Å²) >= 11 is 0. The molecule has 0 atom stereocenters. The Bertz CT molecular complexity index is 677. The molecule has 0 heteroatoms. The first-order valence-corrected chi connectivity index (χ1v) is 6.96. The molecule has 92 valence electrons. The third kappa shape index (κ3) is 1.76. The molecule has 0 aromatic heterocycles. The van der Waals surface area contributed by atoms with Gasteiger partial charge >= 0.3 is 0 Å². The second-order valence-electron chi connectivity index (χ2n) is 5.41. The molecule has 0 aliphatic heterocycles. The molecule has 2 aliphatic rings. The van der Waals surface area contributed by atoms with Crippen molar-refractivity contribution in [2.75, 3.05) is 0 Å². The smallest absolute Gasteiger partial charge is 0.000673 e. The van der Waals surface area contributed by atoms with Gasteiger partial charge in [-0.25, -0.2) is 0 Å². The van der Waals surface area contributed by atoms with Crippen LogP contribution in [0.15, 0.2) is 66.8 Å². The van der Waals surface area contributed by atoms with Crippen LogP contribution < -0.4 is 0 Å². The predicted octanol–water partition coefficient (Wildman–Crippen LogP) is 4.54. The van der Waals surface area contributed by atoms with E-state index in [1.165, 1.54) is 27.8 Å². The van der Waals surface area contributed by atoms with E-state index in [0.29, 0.717) is 5.92 Å². The van der Waals surface area contributed by atoms with Gasteiger partial charge in [0, 0.05) is 0 Å². The summed E-state index contributed by atoms with van der Waals surface area (Å²) in [5.74, 6) is 0.579. The van der Waals surface area contributed by atoms with E-state index in [9.17, 15) is 0 Å². The molecule has 0 nitrogen and oxygen atoms in total. The molecule has 0 unspecified atom stereocenters. The van der Waals surface area contributed by atoms with E-state index in [4.69, 9.17) is 0 Å².